The van der Waals surface area contributed by atoms with E-state index in [4.69, 9.17) is 15.7 Å². The lowest BCUT2D eigenvalue weighted by molar-refractivity contribution is 0.100. The molecular weight excluding hydrogens is 627 g/mol. The molecule has 5 heterocycles. The number of benzene rings is 4. The average Bonchev–Trinajstić information content (AvgIpc) is 4.01. The van der Waals surface area contributed by atoms with E-state index in [1.165, 1.54) is 0 Å². The lowest BCUT2D eigenvalue weighted by atomic mass is 9.98. The van der Waals surface area contributed by atoms with Crippen LogP contribution in [0.15, 0.2) is 140 Å². The summed E-state index contributed by atoms with van der Waals surface area (Å²) >= 11 is 0. The van der Waals surface area contributed by atoms with Crippen LogP contribution in [0.3, 0.4) is 0 Å². The Balaban J connectivity index is 1.49. The van der Waals surface area contributed by atoms with Crippen molar-refractivity contribution >= 4 is 52.3 Å². The van der Waals surface area contributed by atoms with E-state index in [1.54, 1.807) is 6.07 Å². The minimum absolute atomic E-state index is 0.419. The van der Waals surface area contributed by atoms with Crippen molar-refractivity contribution in [1.82, 2.24) is 19.9 Å². The Morgan fingerprint density at radius 3 is 1.14 bits per heavy atom. The molecule has 51 heavy (non-hydrogen) atoms. The van der Waals surface area contributed by atoms with Crippen LogP contribution in [-0.2, 0) is 0 Å². The van der Waals surface area contributed by atoms with E-state index in [0.29, 0.717) is 16.8 Å². The van der Waals surface area contributed by atoms with E-state index in [0.717, 1.165) is 78.1 Å². The van der Waals surface area contributed by atoms with E-state index in [9.17, 15) is 4.79 Å². The molecule has 0 unspecified atom stereocenters. The maximum Gasteiger partial charge on any atom is 0.249 e. The highest BCUT2D eigenvalue weighted by Gasteiger charge is 2.20. The summed E-state index contributed by atoms with van der Waals surface area (Å²) in [7, 11) is 0. The zero-order valence-corrected chi connectivity index (χ0v) is 27.5. The molecule has 3 aromatic heterocycles. The molecule has 0 aliphatic carbocycles. The number of rotatable bonds is 5. The molecule has 6 nitrogen and oxygen atoms in total. The van der Waals surface area contributed by atoms with Gasteiger partial charge in [-0.2, -0.15) is 0 Å². The van der Waals surface area contributed by atoms with E-state index in [-0.39, 0.29) is 0 Å². The minimum atomic E-state index is -0.505. The summed E-state index contributed by atoms with van der Waals surface area (Å²) in [5, 5.41) is 0. The van der Waals surface area contributed by atoms with E-state index >= 15 is 0 Å². The summed E-state index contributed by atoms with van der Waals surface area (Å²) in [5.74, 6) is -0.505. The second kappa shape index (κ2) is 12.4. The van der Waals surface area contributed by atoms with Crippen LogP contribution < -0.4 is 5.73 Å². The fourth-order valence-corrected chi connectivity index (χ4v) is 7.13. The number of carbonyl (C=O) groups is 1. The smallest absolute Gasteiger partial charge is 0.249 e. The van der Waals surface area contributed by atoms with E-state index in [1.807, 2.05) is 78.9 Å². The number of primary amides is 1. The first-order valence-corrected chi connectivity index (χ1v) is 16.8. The second-order valence-corrected chi connectivity index (χ2v) is 12.5. The molecule has 2 aliphatic rings. The molecule has 7 aromatic rings. The molecule has 4 N–H and O–H groups in total. The maximum absolute atomic E-state index is 12.8. The lowest BCUT2D eigenvalue weighted by Crippen LogP contribution is -2.12. The Bertz CT molecular complexity index is 2670. The number of aromatic amines is 2. The fourth-order valence-electron chi connectivity index (χ4n) is 7.13. The number of carbonyl (C=O) groups excluding carboxylic acids is 1. The van der Waals surface area contributed by atoms with Gasteiger partial charge in [0.05, 0.1) is 22.8 Å². The Morgan fingerprint density at radius 2 is 0.745 bits per heavy atom. The van der Waals surface area contributed by atoms with Crippen molar-refractivity contribution in [1.29, 1.82) is 0 Å². The molecule has 0 atom stereocenters. The summed E-state index contributed by atoms with van der Waals surface area (Å²) in [4.78, 5) is 30.9. The third kappa shape index (κ3) is 5.36. The Labute approximate surface area is 294 Å². The monoisotopic (exact) mass is 657 g/mol. The van der Waals surface area contributed by atoms with Gasteiger partial charge >= 0.3 is 0 Å². The third-order valence-corrected chi connectivity index (χ3v) is 9.40. The van der Waals surface area contributed by atoms with Gasteiger partial charge in [0.1, 0.15) is 0 Å². The van der Waals surface area contributed by atoms with Crippen LogP contribution in [0.1, 0.15) is 33.1 Å². The number of fused-ring (bicyclic) bond motifs is 8. The molecule has 9 rings (SSSR count). The molecule has 0 spiro atoms. The van der Waals surface area contributed by atoms with Gasteiger partial charge < -0.3 is 15.7 Å². The predicted molar refractivity (Wildman–Crippen MR) is 209 cm³/mol. The number of nitrogens with one attached hydrogen (secondary N) is 2. The van der Waals surface area contributed by atoms with Crippen molar-refractivity contribution in [3.8, 4) is 44.5 Å². The van der Waals surface area contributed by atoms with Gasteiger partial charge in [-0.1, -0.05) is 109 Å². The predicted octanol–water partition coefficient (Wildman–Crippen LogP) is 10.4. The summed E-state index contributed by atoms with van der Waals surface area (Å²) in [5.41, 5.74) is 20.6. The zero-order chi connectivity index (χ0) is 34.3. The molecule has 6 heteroatoms. The highest BCUT2D eigenvalue weighted by atomic mass is 16.1. The largest absolute Gasteiger partial charge is 0.366 e. The first-order chi connectivity index (χ1) is 25.1. The average molecular weight is 658 g/mol. The Kier molecular flexibility index (Phi) is 7.33. The van der Waals surface area contributed by atoms with Crippen LogP contribution in [0, 0.1) is 0 Å². The number of amides is 1. The number of hydrogen-bond acceptors (Lipinski definition) is 3. The van der Waals surface area contributed by atoms with Crippen LogP contribution in [0.25, 0.3) is 90.9 Å². The number of nitrogens with two attached hydrogens (primary N) is 1. The van der Waals surface area contributed by atoms with Crippen molar-refractivity contribution in [3.05, 3.63) is 168 Å². The zero-order valence-electron chi connectivity index (χ0n) is 27.5. The van der Waals surface area contributed by atoms with Crippen molar-refractivity contribution in [2.24, 2.45) is 5.73 Å². The molecule has 0 fully saturated rings. The maximum atomic E-state index is 12.8. The van der Waals surface area contributed by atoms with Crippen LogP contribution in [-0.4, -0.2) is 25.8 Å². The van der Waals surface area contributed by atoms with Gasteiger partial charge in [-0.3, -0.25) is 4.79 Å². The topological polar surface area (TPSA) is 100 Å². The second-order valence-electron chi connectivity index (χ2n) is 12.5. The van der Waals surface area contributed by atoms with Crippen molar-refractivity contribution in [2.75, 3.05) is 0 Å². The first kappa shape index (κ1) is 30.0. The third-order valence-electron chi connectivity index (χ3n) is 9.40. The van der Waals surface area contributed by atoms with Crippen LogP contribution >= 0.6 is 0 Å². The number of H-pyrrole nitrogens is 2. The molecule has 8 bridgehead atoms. The van der Waals surface area contributed by atoms with Gasteiger partial charge in [-0.05, 0) is 76.9 Å². The molecule has 4 aromatic carbocycles. The van der Waals surface area contributed by atoms with E-state index < -0.39 is 5.91 Å². The normalized spacial score (nSPS) is 11.9. The molecular formula is C45H31N5O. The highest BCUT2D eigenvalue weighted by molar-refractivity contribution is 6.05. The van der Waals surface area contributed by atoms with Gasteiger partial charge in [0.15, 0.2) is 0 Å². The van der Waals surface area contributed by atoms with E-state index in [2.05, 4.69) is 88.9 Å². The minimum Gasteiger partial charge on any atom is -0.366 e. The van der Waals surface area contributed by atoms with Crippen LogP contribution in [0.2, 0.25) is 0 Å². The molecule has 1 amide bonds. The summed E-state index contributed by atoms with van der Waals surface area (Å²) < 4.78 is 0. The standard InChI is InChI=1S/C45H31N5O/c46-45(51)32-19-11-10-18-31(32)44-39-26-24-37(49-39)42(29-14-6-2-7-15-29)35-22-20-33(47-35)41(28-12-4-1-5-13-28)34-21-23-36(48-34)43(30-16-8-3-9-17-30)38-25-27-40(44)50-38/h1-27,47,50H,(H2,46,51). The van der Waals surface area contributed by atoms with Crippen LogP contribution in [0.4, 0.5) is 0 Å². The quantitative estimate of drug-likeness (QED) is 0.172. The molecule has 0 radical (unpaired) electrons. The molecule has 2 aliphatic heterocycles. The van der Waals surface area contributed by atoms with Crippen molar-refractivity contribution in [3.63, 3.8) is 0 Å². The Morgan fingerprint density at radius 1 is 0.412 bits per heavy atom. The Hall–Kier alpha value is -7.05. The molecule has 242 valence electrons. The van der Waals surface area contributed by atoms with Crippen molar-refractivity contribution < 1.29 is 4.79 Å². The van der Waals surface area contributed by atoms with Gasteiger partial charge in [0.2, 0.25) is 5.91 Å². The van der Waals surface area contributed by atoms with Crippen molar-refractivity contribution in [2.45, 2.75) is 0 Å². The lowest BCUT2D eigenvalue weighted by Gasteiger charge is -2.09. The van der Waals surface area contributed by atoms with Gasteiger partial charge in [-0.15, -0.1) is 0 Å². The summed E-state index contributed by atoms with van der Waals surface area (Å²) in [6.07, 6.45) is 8.24. The van der Waals surface area contributed by atoms with Gasteiger partial charge in [0.25, 0.3) is 0 Å². The number of aromatic nitrogens is 4. The fraction of sp³-hybridized carbons (Fsp3) is 0. The highest BCUT2D eigenvalue weighted by Crippen LogP contribution is 2.38. The van der Waals surface area contributed by atoms with Gasteiger partial charge in [-0.25, -0.2) is 9.97 Å². The summed E-state index contributed by atoms with van der Waals surface area (Å²) in [6, 6.07) is 46.7. The number of hydrogen-bond donors (Lipinski definition) is 3. The van der Waals surface area contributed by atoms with Crippen LogP contribution in [0.5, 0.6) is 0 Å². The van der Waals surface area contributed by atoms with Gasteiger partial charge in [0, 0.05) is 49.9 Å². The number of nitrogens with zero attached hydrogens (tertiary/aromatic N) is 2. The SMILES string of the molecule is NC(=O)c1ccccc1-c1c2nc(c(-c3ccccc3)c3ccc([nH]3)c(-c3ccccc3)c3nc(c(-c4ccccc4)c4ccc1[nH]4)C=C3)C=C2. The molecule has 0 saturated carbocycles. The molecule has 0 saturated heterocycles. The first-order valence-electron chi connectivity index (χ1n) is 16.8. The summed E-state index contributed by atoms with van der Waals surface area (Å²) in [6.45, 7) is 0.